The van der Waals surface area contributed by atoms with Gasteiger partial charge < -0.3 is 9.47 Å². The summed E-state index contributed by atoms with van der Waals surface area (Å²) >= 11 is 1.93. The topological polar surface area (TPSA) is 38.1 Å². The van der Waals surface area contributed by atoms with Crippen molar-refractivity contribution < 1.29 is 4.79 Å². The van der Waals surface area contributed by atoms with E-state index in [1.165, 1.54) is 0 Å². The summed E-state index contributed by atoms with van der Waals surface area (Å²) in [4.78, 5) is 18.3. The number of carbonyl (C=O) groups excluding carboxylic acids is 1. The van der Waals surface area contributed by atoms with Crippen LogP contribution in [0.15, 0.2) is 12.4 Å². The van der Waals surface area contributed by atoms with Crippen LogP contribution >= 0.6 is 11.8 Å². The molecule has 1 amide bonds. The third kappa shape index (κ3) is 3.03. The third-order valence-electron chi connectivity index (χ3n) is 3.17. The zero-order valence-electron chi connectivity index (χ0n) is 10.4. The van der Waals surface area contributed by atoms with Crippen molar-refractivity contribution in [3.05, 3.63) is 18.2 Å². The fraction of sp³-hybridized carbons (Fsp3) is 0.667. The molecule has 0 aliphatic carbocycles. The van der Waals surface area contributed by atoms with Crippen molar-refractivity contribution in [1.82, 2.24) is 14.5 Å². The molecule has 0 saturated carbocycles. The van der Waals surface area contributed by atoms with Gasteiger partial charge in [0.1, 0.15) is 5.82 Å². The van der Waals surface area contributed by atoms with E-state index in [1.807, 2.05) is 29.8 Å². The average molecular weight is 253 g/mol. The van der Waals surface area contributed by atoms with Crippen LogP contribution in [0.5, 0.6) is 0 Å². The lowest BCUT2D eigenvalue weighted by atomic mass is 10.2. The minimum Gasteiger partial charge on any atom is -0.341 e. The second-order valence-corrected chi connectivity index (χ2v) is 5.65. The molecule has 0 unspecified atom stereocenters. The summed E-state index contributed by atoms with van der Waals surface area (Å²) in [6.07, 6.45) is 4.30. The van der Waals surface area contributed by atoms with Crippen molar-refractivity contribution in [2.75, 3.05) is 24.6 Å². The van der Waals surface area contributed by atoms with Gasteiger partial charge in [0.05, 0.1) is 0 Å². The van der Waals surface area contributed by atoms with Gasteiger partial charge in [-0.15, -0.1) is 0 Å². The number of rotatable bonds is 3. The number of hydrogen-bond donors (Lipinski definition) is 0. The van der Waals surface area contributed by atoms with Crippen LogP contribution in [-0.2, 0) is 4.79 Å². The number of hydrogen-bond acceptors (Lipinski definition) is 3. The van der Waals surface area contributed by atoms with Gasteiger partial charge in [-0.05, 0) is 13.8 Å². The molecular weight excluding hydrogens is 234 g/mol. The molecule has 1 aliphatic rings. The molecule has 1 aromatic rings. The highest BCUT2D eigenvalue weighted by Gasteiger charge is 2.19. The SMILES string of the molecule is Cc1nccn1[C@H](C)CC(=O)N1CCSCC1. The average Bonchev–Trinajstić information content (AvgIpc) is 2.76. The van der Waals surface area contributed by atoms with Gasteiger partial charge >= 0.3 is 0 Å². The molecule has 0 N–H and O–H groups in total. The molecule has 0 spiro atoms. The van der Waals surface area contributed by atoms with Crippen molar-refractivity contribution in [2.24, 2.45) is 0 Å². The molecule has 1 saturated heterocycles. The first kappa shape index (κ1) is 12.5. The minimum absolute atomic E-state index is 0.194. The second kappa shape index (κ2) is 5.58. The molecule has 4 nitrogen and oxygen atoms in total. The Morgan fingerprint density at radius 1 is 1.53 bits per heavy atom. The molecule has 5 heteroatoms. The number of aryl methyl sites for hydroxylation is 1. The predicted octanol–water partition coefficient (Wildman–Crippen LogP) is 1.72. The van der Waals surface area contributed by atoms with Crippen molar-refractivity contribution in [2.45, 2.75) is 26.3 Å². The summed E-state index contributed by atoms with van der Waals surface area (Å²) in [6.45, 7) is 5.85. The number of amides is 1. The Balaban J connectivity index is 1.92. The Kier molecular flexibility index (Phi) is 4.10. The molecule has 94 valence electrons. The molecule has 1 aliphatic heterocycles. The first-order valence-electron chi connectivity index (χ1n) is 6.03. The fourth-order valence-corrected chi connectivity index (χ4v) is 3.05. The van der Waals surface area contributed by atoms with Crippen LogP contribution in [0.3, 0.4) is 0 Å². The van der Waals surface area contributed by atoms with E-state index in [4.69, 9.17) is 0 Å². The maximum atomic E-state index is 12.1. The summed E-state index contributed by atoms with van der Waals surface area (Å²) in [7, 11) is 0. The van der Waals surface area contributed by atoms with Crippen LogP contribution in [0.4, 0.5) is 0 Å². The molecule has 1 aromatic heterocycles. The van der Waals surface area contributed by atoms with Gasteiger partial charge in [-0.1, -0.05) is 0 Å². The van der Waals surface area contributed by atoms with Gasteiger partial charge in [0.25, 0.3) is 0 Å². The van der Waals surface area contributed by atoms with E-state index in [-0.39, 0.29) is 11.9 Å². The summed E-state index contributed by atoms with van der Waals surface area (Å²) in [6, 6.07) is 0.194. The largest absolute Gasteiger partial charge is 0.341 e. The smallest absolute Gasteiger partial charge is 0.224 e. The van der Waals surface area contributed by atoms with Crippen LogP contribution in [0.1, 0.15) is 25.2 Å². The Labute approximate surface area is 106 Å². The molecule has 2 heterocycles. The van der Waals surface area contributed by atoms with Crippen molar-refractivity contribution >= 4 is 17.7 Å². The van der Waals surface area contributed by atoms with E-state index in [9.17, 15) is 4.79 Å². The molecule has 17 heavy (non-hydrogen) atoms. The zero-order chi connectivity index (χ0) is 12.3. The van der Waals surface area contributed by atoms with Crippen LogP contribution in [-0.4, -0.2) is 45.0 Å². The normalized spacial score (nSPS) is 18.1. The lowest BCUT2D eigenvalue weighted by Gasteiger charge is -2.28. The molecule has 0 radical (unpaired) electrons. The van der Waals surface area contributed by atoms with Gasteiger partial charge in [-0.2, -0.15) is 11.8 Å². The minimum atomic E-state index is 0.194. The highest BCUT2D eigenvalue weighted by atomic mass is 32.2. The molecule has 0 aromatic carbocycles. The van der Waals surface area contributed by atoms with Crippen LogP contribution in [0.2, 0.25) is 0 Å². The van der Waals surface area contributed by atoms with E-state index in [2.05, 4.69) is 16.5 Å². The highest BCUT2D eigenvalue weighted by Crippen LogP contribution is 2.16. The fourth-order valence-electron chi connectivity index (χ4n) is 2.15. The molecule has 1 fully saturated rings. The van der Waals surface area contributed by atoms with Crippen molar-refractivity contribution in [1.29, 1.82) is 0 Å². The van der Waals surface area contributed by atoms with Gasteiger partial charge in [0.15, 0.2) is 0 Å². The Bertz CT molecular complexity index is 385. The lowest BCUT2D eigenvalue weighted by Crippen LogP contribution is -2.38. The van der Waals surface area contributed by atoms with Crippen LogP contribution in [0, 0.1) is 6.92 Å². The summed E-state index contributed by atoms with van der Waals surface area (Å²) < 4.78 is 2.07. The van der Waals surface area contributed by atoms with Crippen LogP contribution in [0.25, 0.3) is 0 Å². The Hall–Kier alpha value is -0.970. The quantitative estimate of drug-likeness (QED) is 0.823. The van der Waals surface area contributed by atoms with E-state index < -0.39 is 0 Å². The standard InChI is InChI=1S/C12H19N3OS/c1-10(15-4-3-13-11(15)2)9-12(16)14-5-7-17-8-6-14/h3-4,10H,5-9H2,1-2H3/t10-/m1/s1. The zero-order valence-corrected chi connectivity index (χ0v) is 11.2. The summed E-state index contributed by atoms with van der Waals surface area (Å²) in [5.74, 6) is 3.39. The highest BCUT2D eigenvalue weighted by molar-refractivity contribution is 7.99. The van der Waals surface area contributed by atoms with Gasteiger partial charge in [0, 0.05) is 49.5 Å². The van der Waals surface area contributed by atoms with E-state index in [1.54, 1.807) is 6.20 Å². The lowest BCUT2D eigenvalue weighted by molar-refractivity contribution is -0.131. The van der Waals surface area contributed by atoms with Crippen LogP contribution < -0.4 is 0 Å². The molecule has 2 rings (SSSR count). The van der Waals surface area contributed by atoms with Crippen molar-refractivity contribution in [3.63, 3.8) is 0 Å². The van der Waals surface area contributed by atoms with Gasteiger partial charge in [-0.3, -0.25) is 4.79 Å². The molecular formula is C12H19N3OS. The first-order chi connectivity index (χ1) is 8.18. The number of carbonyl (C=O) groups is 1. The number of nitrogens with zero attached hydrogens (tertiary/aromatic N) is 3. The van der Waals surface area contributed by atoms with Gasteiger partial charge in [-0.25, -0.2) is 4.98 Å². The number of aromatic nitrogens is 2. The Morgan fingerprint density at radius 2 is 2.24 bits per heavy atom. The first-order valence-corrected chi connectivity index (χ1v) is 7.19. The predicted molar refractivity (Wildman–Crippen MR) is 70.2 cm³/mol. The van der Waals surface area contributed by atoms with Crippen molar-refractivity contribution in [3.8, 4) is 0 Å². The third-order valence-corrected chi connectivity index (χ3v) is 4.11. The van der Waals surface area contributed by atoms with Gasteiger partial charge in [0.2, 0.25) is 5.91 Å². The van der Waals surface area contributed by atoms with E-state index in [0.717, 1.165) is 30.4 Å². The Morgan fingerprint density at radius 3 is 2.82 bits per heavy atom. The molecule has 1 atom stereocenters. The molecule has 0 bridgehead atoms. The monoisotopic (exact) mass is 253 g/mol. The summed E-state index contributed by atoms with van der Waals surface area (Å²) in [5, 5.41) is 0. The number of imidazole rings is 1. The maximum Gasteiger partial charge on any atom is 0.224 e. The maximum absolute atomic E-state index is 12.1. The second-order valence-electron chi connectivity index (χ2n) is 4.43. The van der Waals surface area contributed by atoms with E-state index >= 15 is 0 Å². The van der Waals surface area contributed by atoms with E-state index in [0.29, 0.717) is 6.42 Å². The number of thioether (sulfide) groups is 1. The summed E-state index contributed by atoms with van der Waals surface area (Å²) in [5.41, 5.74) is 0.